The molecule has 0 bridgehead atoms. The number of anilines is 1. The van der Waals surface area contributed by atoms with Gasteiger partial charge >= 0.3 is 0 Å². The summed E-state index contributed by atoms with van der Waals surface area (Å²) in [5, 5.41) is 3.50. The van der Waals surface area contributed by atoms with Crippen molar-refractivity contribution in [1.82, 2.24) is 20.3 Å². The largest absolute Gasteiger partial charge is 0.455 e. The number of hydrogen-bond donors (Lipinski definition) is 1. The van der Waals surface area contributed by atoms with Crippen LogP contribution in [0, 0.1) is 6.92 Å². The zero-order valence-corrected chi connectivity index (χ0v) is 16.3. The molecular weight excluding hydrogens is 362 g/mol. The third kappa shape index (κ3) is 5.30. The zero-order valence-electron chi connectivity index (χ0n) is 15.5. The van der Waals surface area contributed by atoms with Gasteiger partial charge in [0.15, 0.2) is 10.9 Å². The fourth-order valence-corrected chi connectivity index (χ4v) is 3.10. The monoisotopic (exact) mass is 383 g/mol. The molecule has 0 aromatic carbocycles. The van der Waals surface area contributed by atoms with Gasteiger partial charge in [-0.15, -0.1) is 0 Å². The Morgan fingerprint density at radius 1 is 1.26 bits per heavy atom. The second kappa shape index (κ2) is 8.68. The number of nitrogens with zero attached hydrogens (tertiary/aromatic N) is 4. The number of aromatic nitrogens is 3. The van der Waals surface area contributed by atoms with E-state index in [9.17, 15) is 4.79 Å². The number of amides is 1. The molecule has 3 aromatic heterocycles. The van der Waals surface area contributed by atoms with Crippen molar-refractivity contribution >= 4 is 23.5 Å². The first kappa shape index (κ1) is 18.9. The van der Waals surface area contributed by atoms with Gasteiger partial charge in [0.25, 0.3) is 5.91 Å². The number of thioether (sulfide) groups is 1. The maximum atomic E-state index is 12.2. The highest BCUT2D eigenvalue weighted by Gasteiger charge is 2.12. The van der Waals surface area contributed by atoms with Crippen molar-refractivity contribution in [2.45, 2.75) is 24.4 Å². The van der Waals surface area contributed by atoms with Crippen LogP contribution in [0.2, 0.25) is 0 Å². The minimum absolute atomic E-state index is 0.253. The Bertz CT molecular complexity index is 911. The molecule has 27 heavy (non-hydrogen) atoms. The first-order valence-corrected chi connectivity index (χ1v) is 9.41. The van der Waals surface area contributed by atoms with E-state index in [-0.39, 0.29) is 11.7 Å². The van der Waals surface area contributed by atoms with Gasteiger partial charge in [-0.1, -0.05) is 17.8 Å². The molecule has 0 radical (unpaired) electrons. The van der Waals surface area contributed by atoms with Crippen LogP contribution in [0.4, 0.5) is 5.82 Å². The zero-order chi connectivity index (χ0) is 19.2. The fourth-order valence-electron chi connectivity index (χ4n) is 2.30. The number of aryl methyl sites for hydroxylation is 1. The summed E-state index contributed by atoms with van der Waals surface area (Å²) in [5.74, 6) is 2.14. The van der Waals surface area contributed by atoms with Gasteiger partial charge in [0.05, 0.1) is 5.75 Å². The van der Waals surface area contributed by atoms with Gasteiger partial charge in [-0.05, 0) is 30.7 Å². The van der Waals surface area contributed by atoms with Crippen LogP contribution >= 0.6 is 11.8 Å². The molecule has 1 amide bonds. The average Bonchev–Trinajstić information content (AvgIpc) is 3.14. The van der Waals surface area contributed by atoms with E-state index in [1.165, 1.54) is 11.8 Å². The van der Waals surface area contributed by atoms with Gasteiger partial charge in [-0.2, -0.15) is 0 Å². The van der Waals surface area contributed by atoms with Crippen LogP contribution in [0.25, 0.3) is 0 Å². The molecule has 0 fully saturated rings. The van der Waals surface area contributed by atoms with Crippen molar-refractivity contribution in [2.24, 2.45) is 0 Å². The molecule has 0 aliphatic carbocycles. The second-order valence-electron chi connectivity index (χ2n) is 6.14. The van der Waals surface area contributed by atoms with Crippen molar-refractivity contribution in [2.75, 3.05) is 19.0 Å². The van der Waals surface area contributed by atoms with Crippen LogP contribution in [0.5, 0.6) is 0 Å². The predicted octanol–water partition coefficient (Wildman–Crippen LogP) is 3.06. The molecule has 0 aliphatic heterocycles. The van der Waals surface area contributed by atoms with Crippen LogP contribution in [0.3, 0.4) is 0 Å². The van der Waals surface area contributed by atoms with Crippen LogP contribution in [0.1, 0.15) is 27.6 Å². The fraction of sp³-hybridized carbons (Fsp3) is 0.263. The highest BCUT2D eigenvalue weighted by Crippen LogP contribution is 2.23. The summed E-state index contributed by atoms with van der Waals surface area (Å²) in [6.45, 7) is 2.35. The SMILES string of the molecule is Cc1cc(N(C)C)nc(SCc2ccc(C(=O)NCc3cccnc3)o2)n1. The van der Waals surface area contributed by atoms with Crippen molar-refractivity contribution in [3.63, 3.8) is 0 Å². The third-order valence-corrected chi connectivity index (χ3v) is 4.55. The minimum atomic E-state index is -0.253. The van der Waals surface area contributed by atoms with E-state index in [2.05, 4.69) is 20.3 Å². The Labute approximate surface area is 162 Å². The summed E-state index contributed by atoms with van der Waals surface area (Å²) in [6, 6.07) is 9.15. The van der Waals surface area contributed by atoms with Crippen molar-refractivity contribution in [1.29, 1.82) is 0 Å². The van der Waals surface area contributed by atoms with Crippen LogP contribution < -0.4 is 10.2 Å². The van der Waals surface area contributed by atoms with E-state index >= 15 is 0 Å². The predicted molar refractivity (Wildman–Crippen MR) is 105 cm³/mol. The van der Waals surface area contributed by atoms with Crippen molar-refractivity contribution in [3.05, 3.63) is 65.5 Å². The number of rotatable bonds is 7. The Morgan fingerprint density at radius 3 is 2.85 bits per heavy atom. The molecule has 0 spiro atoms. The number of furan rings is 1. The summed E-state index contributed by atoms with van der Waals surface area (Å²) >= 11 is 1.47. The van der Waals surface area contributed by atoms with Crippen LogP contribution in [0.15, 0.2) is 52.3 Å². The number of carbonyl (C=O) groups is 1. The number of carbonyl (C=O) groups excluding carboxylic acids is 1. The first-order chi connectivity index (χ1) is 13.0. The number of hydrogen-bond acceptors (Lipinski definition) is 7. The lowest BCUT2D eigenvalue weighted by atomic mass is 10.3. The Hall–Kier alpha value is -2.87. The van der Waals surface area contributed by atoms with E-state index in [4.69, 9.17) is 4.42 Å². The quantitative estimate of drug-likeness (QED) is 0.496. The summed E-state index contributed by atoms with van der Waals surface area (Å²) in [6.07, 6.45) is 3.41. The average molecular weight is 383 g/mol. The van der Waals surface area contributed by atoms with Crippen LogP contribution in [-0.2, 0) is 12.3 Å². The smallest absolute Gasteiger partial charge is 0.287 e. The summed E-state index contributed by atoms with van der Waals surface area (Å²) < 4.78 is 5.65. The molecule has 3 heterocycles. The normalized spacial score (nSPS) is 10.6. The van der Waals surface area contributed by atoms with Gasteiger partial charge in [-0.3, -0.25) is 9.78 Å². The second-order valence-corrected chi connectivity index (χ2v) is 7.09. The standard InChI is InChI=1S/C19H21N5O2S/c1-13-9-17(24(2)3)23-19(22-13)27-12-15-6-7-16(26-15)18(25)21-11-14-5-4-8-20-10-14/h4-10H,11-12H2,1-3H3,(H,21,25). The molecule has 3 rings (SSSR count). The van der Waals surface area contributed by atoms with Gasteiger partial charge in [-0.25, -0.2) is 9.97 Å². The Morgan fingerprint density at radius 2 is 2.11 bits per heavy atom. The molecule has 140 valence electrons. The summed E-state index contributed by atoms with van der Waals surface area (Å²) in [4.78, 5) is 27.1. The molecular formula is C19H21N5O2S. The maximum Gasteiger partial charge on any atom is 0.287 e. The minimum Gasteiger partial charge on any atom is -0.455 e. The van der Waals surface area contributed by atoms with E-state index < -0.39 is 0 Å². The Balaban J connectivity index is 1.57. The maximum absolute atomic E-state index is 12.2. The van der Waals surface area contributed by atoms with E-state index in [1.807, 2.05) is 44.1 Å². The highest BCUT2D eigenvalue weighted by atomic mass is 32.2. The molecule has 0 unspecified atom stereocenters. The molecule has 1 N–H and O–H groups in total. The van der Waals surface area contributed by atoms with E-state index in [0.717, 1.165) is 17.1 Å². The van der Waals surface area contributed by atoms with Crippen molar-refractivity contribution < 1.29 is 9.21 Å². The molecule has 0 atom stereocenters. The lowest BCUT2D eigenvalue weighted by Crippen LogP contribution is -2.22. The number of pyridine rings is 1. The van der Waals surface area contributed by atoms with Crippen molar-refractivity contribution in [3.8, 4) is 0 Å². The molecule has 3 aromatic rings. The third-order valence-electron chi connectivity index (χ3n) is 3.68. The molecule has 0 saturated heterocycles. The summed E-state index contributed by atoms with van der Waals surface area (Å²) in [7, 11) is 3.89. The molecule has 0 saturated carbocycles. The molecule has 7 nitrogen and oxygen atoms in total. The van der Waals surface area contributed by atoms with E-state index in [0.29, 0.717) is 23.2 Å². The van der Waals surface area contributed by atoms with E-state index in [1.54, 1.807) is 24.5 Å². The first-order valence-electron chi connectivity index (χ1n) is 8.43. The molecule has 8 heteroatoms. The lowest BCUT2D eigenvalue weighted by molar-refractivity contribution is 0.0921. The molecule has 0 aliphatic rings. The number of nitrogens with one attached hydrogen (secondary N) is 1. The summed E-state index contributed by atoms with van der Waals surface area (Å²) in [5.41, 5.74) is 1.84. The highest BCUT2D eigenvalue weighted by molar-refractivity contribution is 7.98. The Kier molecular flexibility index (Phi) is 6.08. The van der Waals surface area contributed by atoms with Gasteiger partial charge in [0.2, 0.25) is 0 Å². The van der Waals surface area contributed by atoms with Crippen LogP contribution in [-0.4, -0.2) is 35.0 Å². The van der Waals surface area contributed by atoms with Gasteiger partial charge in [0, 0.05) is 44.8 Å². The topological polar surface area (TPSA) is 84.2 Å². The van der Waals surface area contributed by atoms with Gasteiger partial charge in [0.1, 0.15) is 11.6 Å². The van der Waals surface area contributed by atoms with Gasteiger partial charge < -0.3 is 14.6 Å². The lowest BCUT2D eigenvalue weighted by Gasteiger charge is -2.12.